The molecular formula is C18H30N2. The Morgan fingerprint density at radius 3 is 2.65 bits per heavy atom. The van der Waals surface area contributed by atoms with Crippen LogP contribution in [0.25, 0.3) is 0 Å². The Hall–Kier alpha value is -0.860. The number of hydrogen-bond acceptors (Lipinski definition) is 2. The van der Waals surface area contributed by atoms with Gasteiger partial charge < -0.3 is 5.32 Å². The van der Waals surface area contributed by atoms with Crippen molar-refractivity contribution < 1.29 is 0 Å². The minimum Gasteiger partial charge on any atom is -0.309 e. The van der Waals surface area contributed by atoms with Gasteiger partial charge in [-0.2, -0.15) is 0 Å². The van der Waals surface area contributed by atoms with Crippen LogP contribution in [0.2, 0.25) is 0 Å². The quantitative estimate of drug-likeness (QED) is 0.854. The molecule has 1 saturated heterocycles. The molecule has 0 amide bonds. The maximum atomic E-state index is 3.74. The maximum absolute atomic E-state index is 3.74. The molecule has 2 nitrogen and oxygen atoms in total. The monoisotopic (exact) mass is 274 g/mol. The van der Waals surface area contributed by atoms with Gasteiger partial charge in [0.1, 0.15) is 0 Å². The molecule has 20 heavy (non-hydrogen) atoms. The third-order valence-corrected chi connectivity index (χ3v) is 4.84. The molecule has 1 aromatic rings. The van der Waals surface area contributed by atoms with Crippen molar-refractivity contribution in [2.75, 3.05) is 19.6 Å². The van der Waals surface area contributed by atoms with Crippen molar-refractivity contribution in [3.63, 3.8) is 0 Å². The second kappa shape index (κ2) is 7.24. The van der Waals surface area contributed by atoms with Crippen molar-refractivity contribution in [1.29, 1.82) is 0 Å². The van der Waals surface area contributed by atoms with Crippen molar-refractivity contribution in [3.05, 3.63) is 35.9 Å². The van der Waals surface area contributed by atoms with Gasteiger partial charge in [-0.15, -0.1) is 0 Å². The highest BCUT2D eigenvalue weighted by Gasteiger charge is 2.33. The first kappa shape index (κ1) is 15.5. The second-order valence-corrected chi connectivity index (χ2v) is 6.42. The molecule has 1 N–H and O–H groups in total. The summed E-state index contributed by atoms with van der Waals surface area (Å²) in [5, 5.41) is 3.74. The lowest BCUT2D eigenvalue weighted by atomic mass is 9.92. The molecule has 2 atom stereocenters. The molecule has 0 aliphatic carbocycles. The lowest BCUT2D eigenvalue weighted by Gasteiger charge is -2.46. The molecule has 1 aliphatic heterocycles. The van der Waals surface area contributed by atoms with E-state index in [0.29, 0.717) is 11.6 Å². The van der Waals surface area contributed by atoms with E-state index in [0.717, 1.165) is 6.54 Å². The Bertz CT molecular complexity index is 390. The van der Waals surface area contributed by atoms with Gasteiger partial charge in [0.05, 0.1) is 0 Å². The molecule has 112 valence electrons. The summed E-state index contributed by atoms with van der Waals surface area (Å²) in [5.74, 6) is 0. The summed E-state index contributed by atoms with van der Waals surface area (Å²) >= 11 is 0. The van der Waals surface area contributed by atoms with E-state index in [1.807, 2.05) is 0 Å². The van der Waals surface area contributed by atoms with E-state index in [-0.39, 0.29) is 0 Å². The predicted octanol–water partition coefficient (Wildman–Crippen LogP) is 3.47. The van der Waals surface area contributed by atoms with Crippen molar-refractivity contribution in [1.82, 2.24) is 10.2 Å². The molecule has 0 aromatic heterocycles. The Kier molecular flexibility index (Phi) is 5.62. The van der Waals surface area contributed by atoms with Crippen LogP contribution in [-0.4, -0.2) is 36.1 Å². The lowest BCUT2D eigenvalue weighted by Crippen LogP contribution is -2.62. The van der Waals surface area contributed by atoms with E-state index in [1.54, 1.807) is 0 Å². The van der Waals surface area contributed by atoms with Gasteiger partial charge >= 0.3 is 0 Å². The average Bonchev–Trinajstić information content (AvgIpc) is 2.49. The topological polar surface area (TPSA) is 15.3 Å². The Balaban J connectivity index is 1.85. The smallest absolute Gasteiger partial charge is 0.0278 e. The summed E-state index contributed by atoms with van der Waals surface area (Å²) in [6, 6.07) is 11.6. The van der Waals surface area contributed by atoms with E-state index < -0.39 is 0 Å². The zero-order chi connectivity index (χ0) is 14.4. The van der Waals surface area contributed by atoms with Gasteiger partial charge in [0.25, 0.3) is 0 Å². The van der Waals surface area contributed by atoms with Gasteiger partial charge in [0.2, 0.25) is 0 Å². The van der Waals surface area contributed by atoms with Crippen LogP contribution in [0.15, 0.2) is 30.3 Å². The Labute approximate surface area is 124 Å². The van der Waals surface area contributed by atoms with Crippen LogP contribution in [0.4, 0.5) is 0 Å². The van der Waals surface area contributed by atoms with E-state index in [1.165, 1.54) is 44.3 Å². The normalized spacial score (nSPS) is 27.6. The van der Waals surface area contributed by atoms with Crippen molar-refractivity contribution in [2.45, 2.75) is 58.0 Å². The summed E-state index contributed by atoms with van der Waals surface area (Å²) in [6.07, 6.45) is 4.92. The molecule has 2 rings (SSSR count). The number of piperazine rings is 1. The van der Waals surface area contributed by atoms with Crippen LogP contribution >= 0.6 is 0 Å². The van der Waals surface area contributed by atoms with Crippen LogP contribution in [0.3, 0.4) is 0 Å². The third kappa shape index (κ3) is 4.07. The summed E-state index contributed by atoms with van der Waals surface area (Å²) < 4.78 is 0. The molecule has 1 heterocycles. The molecule has 2 heteroatoms. The first-order chi connectivity index (χ1) is 9.67. The fourth-order valence-corrected chi connectivity index (χ4v) is 3.16. The predicted molar refractivity (Wildman–Crippen MR) is 87.1 cm³/mol. The summed E-state index contributed by atoms with van der Waals surface area (Å²) in [4.78, 5) is 2.71. The molecule has 1 fully saturated rings. The standard InChI is InChI=1S/C18H30N2/c1-4-17-14-19-18(3,5-2)15-20(17)13-9-12-16-10-7-6-8-11-16/h6-8,10-11,17,19H,4-5,9,12-15H2,1-3H3. The zero-order valence-corrected chi connectivity index (χ0v) is 13.4. The highest BCUT2D eigenvalue weighted by atomic mass is 15.2. The SMILES string of the molecule is CCC1CNC(C)(CC)CN1CCCc1ccccc1. The van der Waals surface area contributed by atoms with Gasteiger partial charge in [-0.3, -0.25) is 4.90 Å². The van der Waals surface area contributed by atoms with Crippen LogP contribution in [0.5, 0.6) is 0 Å². The van der Waals surface area contributed by atoms with E-state index in [2.05, 4.69) is 61.3 Å². The van der Waals surface area contributed by atoms with Crippen LogP contribution < -0.4 is 5.32 Å². The molecule has 0 saturated carbocycles. The molecule has 1 aliphatic rings. The highest BCUT2D eigenvalue weighted by molar-refractivity contribution is 5.14. The number of hydrogen-bond donors (Lipinski definition) is 1. The van der Waals surface area contributed by atoms with Crippen LogP contribution in [0.1, 0.15) is 45.6 Å². The lowest BCUT2D eigenvalue weighted by molar-refractivity contribution is 0.0811. The molecule has 0 bridgehead atoms. The van der Waals surface area contributed by atoms with Gasteiger partial charge in [-0.25, -0.2) is 0 Å². The fourth-order valence-electron chi connectivity index (χ4n) is 3.16. The van der Waals surface area contributed by atoms with Crippen molar-refractivity contribution >= 4 is 0 Å². The first-order valence-electron chi connectivity index (χ1n) is 8.20. The number of benzene rings is 1. The van der Waals surface area contributed by atoms with Crippen molar-refractivity contribution in [2.24, 2.45) is 0 Å². The van der Waals surface area contributed by atoms with Gasteiger partial charge in [-0.1, -0.05) is 44.2 Å². The molecule has 1 aromatic carbocycles. The highest BCUT2D eigenvalue weighted by Crippen LogP contribution is 2.20. The summed E-state index contributed by atoms with van der Waals surface area (Å²) in [5.41, 5.74) is 1.77. The molecule has 2 unspecified atom stereocenters. The fraction of sp³-hybridized carbons (Fsp3) is 0.667. The molecule has 0 radical (unpaired) electrons. The minimum atomic E-state index is 0.304. The van der Waals surface area contributed by atoms with E-state index in [4.69, 9.17) is 0 Å². The Morgan fingerprint density at radius 1 is 1.25 bits per heavy atom. The number of aryl methyl sites for hydroxylation is 1. The van der Waals surface area contributed by atoms with Gasteiger partial charge in [-0.05, 0) is 44.7 Å². The third-order valence-electron chi connectivity index (χ3n) is 4.84. The summed E-state index contributed by atoms with van der Waals surface area (Å²) in [7, 11) is 0. The van der Waals surface area contributed by atoms with Gasteiger partial charge in [0, 0.05) is 24.7 Å². The van der Waals surface area contributed by atoms with E-state index >= 15 is 0 Å². The van der Waals surface area contributed by atoms with E-state index in [9.17, 15) is 0 Å². The molecular weight excluding hydrogens is 244 g/mol. The largest absolute Gasteiger partial charge is 0.309 e. The first-order valence-corrected chi connectivity index (χ1v) is 8.20. The van der Waals surface area contributed by atoms with Crippen LogP contribution in [0, 0.1) is 0 Å². The molecule has 0 spiro atoms. The minimum absolute atomic E-state index is 0.304. The second-order valence-electron chi connectivity index (χ2n) is 6.42. The maximum Gasteiger partial charge on any atom is 0.0278 e. The van der Waals surface area contributed by atoms with Crippen LogP contribution in [-0.2, 0) is 6.42 Å². The van der Waals surface area contributed by atoms with Gasteiger partial charge in [0.15, 0.2) is 0 Å². The summed E-state index contributed by atoms with van der Waals surface area (Å²) in [6.45, 7) is 10.5. The van der Waals surface area contributed by atoms with Crippen molar-refractivity contribution in [3.8, 4) is 0 Å². The number of nitrogens with one attached hydrogen (secondary N) is 1. The number of rotatable bonds is 6. The number of nitrogens with zero attached hydrogens (tertiary/aromatic N) is 1. The Morgan fingerprint density at radius 2 is 2.00 bits per heavy atom. The zero-order valence-electron chi connectivity index (χ0n) is 13.4. The average molecular weight is 274 g/mol.